The van der Waals surface area contributed by atoms with E-state index in [0.29, 0.717) is 36.9 Å². The van der Waals surface area contributed by atoms with Crippen LogP contribution in [-0.2, 0) is 6.54 Å². The summed E-state index contributed by atoms with van der Waals surface area (Å²) in [5.41, 5.74) is 0.485. The van der Waals surface area contributed by atoms with E-state index < -0.39 is 5.60 Å². The molecule has 23 heavy (non-hydrogen) atoms. The molecule has 0 aliphatic heterocycles. The molecule has 1 aliphatic rings. The van der Waals surface area contributed by atoms with Crippen LogP contribution in [0.3, 0.4) is 0 Å². The van der Waals surface area contributed by atoms with Gasteiger partial charge in [-0.2, -0.15) is 0 Å². The summed E-state index contributed by atoms with van der Waals surface area (Å²) in [5.74, 6) is 1.96. The minimum absolute atomic E-state index is 0.553. The van der Waals surface area contributed by atoms with Crippen LogP contribution in [0.2, 0.25) is 0 Å². The molecule has 1 aliphatic carbocycles. The first kappa shape index (κ1) is 17.9. The number of benzene rings is 1. The molecule has 2 rings (SSSR count). The maximum absolute atomic E-state index is 10.5. The Morgan fingerprint density at radius 2 is 1.70 bits per heavy atom. The van der Waals surface area contributed by atoms with Gasteiger partial charge in [0.2, 0.25) is 5.75 Å². The molecule has 1 fully saturated rings. The second-order valence-corrected chi connectivity index (χ2v) is 6.15. The molecule has 0 saturated heterocycles. The number of hydrogen-bond acceptors (Lipinski definition) is 5. The summed E-state index contributed by atoms with van der Waals surface area (Å²) in [7, 11) is 3.25. The SMILES string of the molecule is CCOc1c(OC)cc(CNCC2(O)CCCCC2)cc1OC. The average molecular weight is 323 g/mol. The van der Waals surface area contributed by atoms with Crippen molar-refractivity contribution in [1.29, 1.82) is 0 Å². The van der Waals surface area contributed by atoms with Gasteiger partial charge in [0.15, 0.2) is 11.5 Å². The van der Waals surface area contributed by atoms with Crippen molar-refractivity contribution in [2.75, 3.05) is 27.4 Å². The van der Waals surface area contributed by atoms with Crippen molar-refractivity contribution in [2.24, 2.45) is 0 Å². The molecule has 130 valence electrons. The molecule has 0 unspecified atom stereocenters. The highest BCUT2D eigenvalue weighted by atomic mass is 16.5. The molecule has 0 bridgehead atoms. The number of aliphatic hydroxyl groups is 1. The summed E-state index contributed by atoms with van der Waals surface area (Å²) < 4.78 is 16.4. The molecule has 1 aromatic carbocycles. The van der Waals surface area contributed by atoms with Crippen molar-refractivity contribution in [3.05, 3.63) is 17.7 Å². The van der Waals surface area contributed by atoms with E-state index >= 15 is 0 Å². The van der Waals surface area contributed by atoms with E-state index in [-0.39, 0.29) is 0 Å². The zero-order valence-electron chi connectivity index (χ0n) is 14.5. The molecule has 5 heteroatoms. The Kier molecular flexibility index (Phi) is 6.54. The fourth-order valence-corrected chi connectivity index (χ4v) is 3.15. The lowest BCUT2D eigenvalue weighted by atomic mass is 9.85. The highest BCUT2D eigenvalue weighted by Crippen LogP contribution is 2.38. The van der Waals surface area contributed by atoms with Crippen molar-refractivity contribution in [3.8, 4) is 17.2 Å². The molecule has 1 aromatic rings. The van der Waals surface area contributed by atoms with Crippen LogP contribution in [0.4, 0.5) is 0 Å². The fraction of sp³-hybridized carbons (Fsp3) is 0.667. The second-order valence-electron chi connectivity index (χ2n) is 6.15. The highest BCUT2D eigenvalue weighted by molar-refractivity contribution is 5.53. The van der Waals surface area contributed by atoms with Crippen molar-refractivity contribution in [2.45, 2.75) is 51.2 Å². The molecular formula is C18H29NO4. The molecule has 0 heterocycles. The molecule has 0 amide bonds. The molecule has 0 radical (unpaired) electrons. The zero-order valence-corrected chi connectivity index (χ0v) is 14.5. The largest absolute Gasteiger partial charge is 0.493 e. The van der Waals surface area contributed by atoms with Gasteiger partial charge in [0, 0.05) is 13.1 Å². The van der Waals surface area contributed by atoms with E-state index in [1.54, 1.807) is 14.2 Å². The lowest BCUT2D eigenvalue weighted by Crippen LogP contribution is -2.41. The third-order valence-corrected chi connectivity index (χ3v) is 4.38. The summed E-state index contributed by atoms with van der Waals surface area (Å²) >= 11 is 0. The lowest BCUT2D eigenvalue weighted by molar-refractivity contribution is 0.00467. The molecule has 5 nitrogen and oxygen atoms in total. The van der Waals surface area contributed by atoms with Crippen molar-refractivity contribution >= 4 is 0 Å². The molecule has 0 spiro atoms. The van der Waals surface area contributed by atoms with Gasteiger partial charge in [-0.3, -0.25) is 0 Å². The van der Waals surface area contributed by atoms with Gasteiger partial charge in [-0.05, 0) is 37.5 Å². The number of hydrogen-bond donors (Lipinski definition) is 2. The Labute approximate surface area is 138 Å². The van der Waals surface area contributed by atoms with Crippen LogP contribution in [0.15, 0.2) is 12.1 Å². The maximum atomic E-state index is 10.5. The van der Waals surface area contributed by atoms with E-state index in [1.165, 1.54) is 6.42 Å². The monoisotopic (exact) mass is 323 g/mol. The van der Waals surface area contributed by atoms with Gasteiger partial charge in [-0.1, -0.05) is 19.3 Å². The molecule has 0 atom stereocenters. The summed E-state index contributed by atoms with van der Waals surface area (Å²) in [6, 6.07) is 3.90. The minimum atomic E-state index is -0.558. The first-order valence-corrected chi connectivity index (χ1v) is 8.42. The highest BCUT2D eigenvalue weighted by Gasteiger charge is 2.28. The van der Waals surface area contributed by atoms with E-state index in [4.69, 9.17) is 14.2 Å². The van der Waals surface area contributed by atoms with Crippen LogP contribution in [0.1, 0.15) is 44.6 Å². The molecular weight excluding hydrogens is 294 g/mol. The predicted octanol–water partition coefficient (Wildman–Crippen LogP) is 2.89. The van der Waals surface area contributed by atoms with Gasteiger partial charge in [-0.25, -0.2) is 0 Å². The standard InChI is InChI=1S/C18H29NO4/c1-4-23-17-15(21-2)10-14(11-16(17)22-3)12-19-13-18(20)8-6-5-7-9-18/h10-11,19-20H,4-9,12-13H2,1-3H3. The summed E-state index contributed by atoms with van der Waals surface area (Å²) in [4.78, 5) is 0. The topological polar surface area (TPSA) is 60.0 Å². The quantitative estimate of drug-likeness (QED) is 0.770. The Morgan fingerprint density at radius 1 is 1.09 bits per heavy atom. The van der Waals surface area contributed by atoms with Gasteiger partial charge in [0.25, 0.3) is 0 Å². The third-order valence-electron chi connectivity index (χ3n) is 4.38. The van der Waals surface area contributed by atoms with Crippen LogP contribution in [0, 0.1) is 0 Å². The maximum Gasteiger partial charge on any atom is 0.203 e. The summed E-state index contributed by atoms with van der Waals surface area (Å²) in [6.45, 7) is 3.75. The summed E-state index contributed by atoms with van der Waals surface area (Å²) in [6.07, 6.45) is 5.23. The zero-order chi connectivity index (χ0) is 16.7. The van der Waals surface area contributed by atoms with Gasteiger partial charge < -0.3 is 24.6 Å². The normalized spacial score (nSPS) is 16.9. The van der Waals surface area contributed by atoms with Crippen LogP contribution < -0.4 is 19.5 Å². The number of nitrogens with one attached hydrogen (secondary N) is 1. The number of rotatable bonds is 8. The van der Waals surface area contributed by atoms with Gasteiger partial charge >= 0.3 is 0 Å². The third kappa shape index (κ3) is 4.75. The van der Waals surface area contributed by atoms with Gasteiger partial charge in [0.1, 0.15) is 0 Å². The van der Waals surface area contributed by atoms with Gasteiger partial charge in [0.05, 0.1) is 26.4 Å². The van der Waals surface area contributed by atoms with E-state index in [0.717, 1.165) is 31.2 Å². The van der Waals surface area contributed by atoms with E-state index in [2.05, 4.69) is 5.32 Å². The van der Waals surface area contributed by atoms with Crippen LogP contribution in [0.25, 0.3) is 0 Å². The first-order valence-electron chi connectivity index (χ1n) is 8.42. The van der Waals surface area contributed by atoms with Gasteiger partial charge in [-0.15, -0.1) is 0 Å². The Hall–Kier alpha value is -1.46. The molecule has 2 N–H and O–H groups in total. The summed E-state index contributed by atoms with van der Waals surface area (Å²) in [5, 5.41) is 13.9. The van der Waals surface area contributed by atoms with E-state index in [1.807, 2.05) is 19.1 Å². The number of methoxy groups -OCH3 is 2. The van der Waals surface area contributed by atoms with Crippen molar-refractivity contribution in [1.82, 2.24) is 5.32 Å². The smallest absolute Gasteiger partial charge is 0.203 e. The Bertz CT molecular complexity index is 473. The average Bonchev–Trinajstić information content (AvgIpc) is 2.56. The van der Waals surface area contributed by atoms with Crippen molar-refractivity contribution in [3.63, 3.8) is 0 Å². The molecule has 1 saturated carbocycles. The first-order chi connectivity index (χ1) is 11.1. The Morgan fingerprint density at radius 3 is 2.22 bits per heavy atom. The fourth-order valence-electron chi connectivity index (χ4n) is 3.15. The van der Waals surface area contributed by atoms with Crippen LogP contribution in [0.5, 0.6) is 17.2 Å². The van der Waals surface area contributed by atoms with E-state index in [9.17, 15) is 5.11 Å². The van der Waals surface area contributed by atoms with Crippen LogP contribution >= 0.6 is 0 Å². The Balaban J connectivity index is 2.02. The number of ether oxygens (including phenoxy) is 3. The minimum Gasteiger partial charge on any atom is -0.493 e. The predicted molar refractivity (Wildman–Crippen MR) is 90.5 cm³/mol. The second kappa shape index (κ2) is 8.41. The molecule has 0 aromatic heterocycles. The van der Waals surface area contributed by atoms with Crippen molar-refractivity contribution < 1.29 is 19.3 Å². The lowest BCUT2D eigenvalue weighted by Gasteiger charge is -2.32. The van der Waals surface area contributed by atoms with Crippen LogP contribution in [-0.4, -0.2) is 38.1 Å².